The van der Waals surface area contributed by atoms with Crippen molar-refractivity contribution in [2.75, 3.05) is 0 Å². The summed E-state index contributed by atoms with van der Waals surface area (Å²) in [7, 11) is 2.95. The minimum atomic E-state index is -0.454. The van der Waals surface area contributed by atoms with Crippen molar-refractivity contribution in [1.82, 2.24) is 24.0 Å². The van der Waals surface area contributed by atoms with Crippen molar-refractivity contribution in [1.29, 1.82) is 0 Å². The van der Waals surface area contributed by atoms with Crippen molar-refractivity contribution in [2.45, 2.75) is 39.3 Å². The lowest BCUT2D eigenvalue weighted by Gasteiger charge is -2.13. The highest BCUT2D eigenvalue weighted by atomic mass is 16.2. The third-order valence-electron chi connectivity index (χ3n) is 3.66. The van der Waals surface area contributed by atoms with E-state index in [0.29, 0.717) is 0 Å². The van der Waals surface area contributed by atoms with Gasteiger partial charge in [0.1, 0.15) is 6.54 Å². The molecule has 2 rings (SSSR count). The SMILES string of the molecule is CCCC(C)NC(=O)Cn1cnc2c1c(=O)n(C)c(=O)n2C. The van der Waals surface area contributed by atoms with Crippen LogP contribution in [0, 0.1) is 0 Å². The molecule has 1 unspecified atom stereocenters. The zero-order chi connectivity index (χ0) is 16.4. The predicted molar refractivity (Wildman–Crippen MR) is 82.7 cm³/mol. The summed E-state index contributed by atoms with van der Waals surface area (Å²) in [4.78, 5) is 40.2. The fraction of sp³-hybridized carbons (Fsp3) is 0.571. The Morgan fingerprint density at radius 2 is 2.00 bits per heavy atom. The number of imidazole rings is 1. The number of rotatable bonds is 5. The summed E-state index contributed by atoms with van der Waals surface area (Å²) < 4.78 is 3.79. The molecule has 2 aromatic rings. The van der Waals surface area contributed by atoms with Crippen LogP contribution in [0.2, 0.25) is 0 Å². The van der Waals surface area contributed by atoms with Gasteiger partial charge in [-0.05, 0) is 13.3 Å². The van der Waals surface area contributed by atoms with E-state index in [0.717, 1.165) is 17.4 Å². The Hall–Kier alpha value is -2.38. The summed E-state index contributed by atoms with van der Waals surface area (Å²) in [6.45, 7) is 3.99. The summed E-state index contributed by atoms with van der Waals surface area (Å²) in [6.07, 6.45) is 3.29. The van der Waals surface area contributed by atoms with E-state index in [-0.39, 0.29) is 29.7 Å². The summed E-state index contributed by atoms with van der Waals surface area (Å²) in [6, 6.07) is 0.0828. The Bertz CT molecular complexity index is 814. The van der Waals surface area contributed by atoms with Crippen LogP contribution >= 0.6 is 0 Å². The molecule has 0 fully saturated rings. The van der Waals surface area contributed by atoms with Gasteiger partial charge in [0, 0.05) is 20.1 Å². The summed E-state index contributed by atoms with van der Waals surface area (Å²) in [5.41, 5.74) is -0.362. The number of hydrogen-bond acceptors (Lipinski definition) is 4. The highest BCUT2D eigenvalue weighted by Gasteiger charge is 2.16. The highest BCUT2D eigenvalue weighted by molar-refractivity contribution is 5.79. The van der Waals surface area contributed by atoms with Gasteiger partial charge in [-0.3, -0.25) is 18.7 Å². The van der Waals surface area contributed by atoms with E-state index in [1.807, 2.05) is 6.92 Å². The quantitative estimate of drug-likeness (QED) is 0.824. The maximum absolute atomic E-state index is 12.2. The van der Waals surface area contributed by atoms with Gasteiger partial charge in [0.15, 0.2) is 11.2 Å². The van der Waals surface area contributed by atoms with Crippen molar-refractivity contribution < 1.29 is 4.79 Å². The second-order valence-corrected chi connectivity index (χ2v) is 5.51. The van der Waals surface area contributed by atoms with Gasteiger partial charge in [0.25, 0.3) is 5.56 Å². The number of hydrogen-bond donors (Lipinski definition) is 1. The van der Waals surface area contributed by atoms with Crippen molar-refractivity contribution >= 4 is 17.1 Å². The molecule has 0 spiro atoms. The van der Waals surface area contributed by atoms with Gasteiger partial charge in [-0.2, -0.15) is 0 Å². The third-order valence-corrected chi connectivity index (χ3v) is 3.66. The molecule has 1 amide bonds. The Balaban J connectivity index is 2.36. The zero-order valence-electron chi connectivity index (χ0n) is 13.3. The fourth-order valence-electron chi connectivity index (χ4n) is 2.50. The number of nitrogens with zero attached hydrogens (tertiary/aromatic N) is 4. The highest BCUT2D eigenvalue weighted by Crippen LogP contribution is 2.05. The first-order chi connectivity index (χ1) is 10.4. The average molecular weight is 307 g/mol. The first-order valence-corrected chi connectivity index (χ1v) is 7.27. The first-order valence-electron chi connectivity index (χ1n) is 7.27. The molecule has 22 heavy (non-hydrogen) atoms. The smallest absolute Gasteiger partial charge is 0.332 e. The van der Waals surface area contributed by atoms with Crippen LogP contribution in [-0.4, -0.2) is 30.6 Å². The van der Waals surface area contributed by atoms with Crippen LogP contribution in [0.25, 0.3) is 11.2 Å². The maximum atomic E-state index is 12.2. The predicted octanol–water partition coefficient (Wildman–Crippen LogP) is -0.261. The van der Waals surface area contributed by atoms with Gasteiger partial charge in [-0.25, -0.2) is 9.78 Å². The Morgan fingerprint density at radius 3 is 2.64 bits per heavy atom. The van der Waals surface area contributed by atoms with E-state index in [9.17, 15) is 14.4 Å². The molecule has 2 heterocycles. The van der Waals surface area contributed by atoms with Gasteiger partial charge >= 0.3 is 5.69 Å². The van der Waals surface area contributed by atoms with E-state index in [1.165, 1.54) is 22.5 Å². The van der Waals surface area contributed by atoms with Crippen LogP contribution in [0.5, 0.6) is 0 Å². The monoisotopic (exact) mass is 307 g/mol. The van der Waals surface area contributed by atoms with Gasteiger partial charge in [0.05, 0.1) is 6.33 Å². The minimum absolute atomic E-state index is 0.00199. The summed E-state index contributed by atoms with van der Waals surface area (Å²) in [5, 5.41) is 2.88. The molecule has 0 aliphatic carbocycles. The number of nitrogens with one attached hydrogen (secondary N) is 1. The lowest BCUT2D eigenvalue weighted by Crippen LogP contribution is -2.38. The van der Waals surface area contributed by atoms with Gasteiger partial charge in [-0.15, -0.1) is 0 Å². The molecule has 0 aromatic carbocycles. The molecular formula is C14H21N5O3. The third kappa shape index (κ3) is 2.81. The van der Waals surface area contributed by atoms with Gasteiger partial charge in [-0.1, -0.05) is 13.3 Å². The average Bonchev–Trinajstić information content (AvgIpc) is 2.86. The molecule has 8 nitrogen and oxygen atoms in total. The van der Waals surface area contributed by atoms with Gasteiger partial charge in [0.2, 0.25) is 5.91 Å². The van der Waals surface area contributed by atoms with Crippen LogP contribution in [0.4, 0.5) is 0 Å². The number of carbonyl (C=O) groups excluding carboxylic acids is 1. The Morgan fingerprint density at radius 1 is 1.32 bits per heavy atom. The molecule has 0 bridgehead atoms. The molecule has 1 atom stereocenters. The second kappa shape index (κ2) is 6.17. The molecule has 0 saturated heterocycles. The number of amides is 1. The van der Waals surface area contributed by atoms with Crippen molar-refractivity contribution in [2.24, 2.45) is 14.1 Å². The molecular weight excluding hydrogens is 286 g/mol. The fourth-order valence-corrected chi connectivity index (χ4v) is 2.50. The standard InChI is InChI=1S/C14H21N5O3/c1-5-6-9(2)16-10(20)7-19-8-15-12-11(19)13(21)18(4)14(22)17(12)3/h8-9H,5-7H2,1-4H3,(H,16,20). The summed E-state index contributed by atoms with van der Waals surface area (Å²) >= 11 is 0. The molecule has 1 N–H and O–H groups in total. The normalized spacial score (nSPS) is 12.5. The number of fused-ring (bicyclic) bond motifs is 1. The lowest BCUT2D eigenvalue weighted by atomic mass is 10.2. The van der Waals surface area contributed by atoms with Crippen LogP contribution in [-0.2, 0) is 25.4 Å². The number of aryl methyl sites for hydroxylation is 1. The maximum Gasteiger partial charge on any atom is 0.332 e. The summed E-state index contributed by atoms with van der Waals surface area (Å²) in [5.74, 6) is -0.184. The van der Waals surface area contributed by atoms with Crippen molar-refractivity contribution in [3.05, 3.63) is 27.2 Å². The molecule has 120 valence electrons. The van der Waals surface area contributed by atoms with Crippen LogP contribution in [0.15, 0.2) is 15.9 Å². The van der Waals surface area contributed by atoms with Crippen LogP contribution < -0.4 is 16.6 Å². The van der Waals surface area contributed by atoms with E-state index in [1.54, 1.807) is 7.05 Å². The topological polar surface area (TPSA) is 90.9 Å². The van der Waals surface area contributed by atoms with Crippen molar-refractivity contribution in [3.8, 4) is 0 Å². The first kappa shape index (κ1) is 16.0. The Labute approximate surface area is 127 Å². The molecule has 0 aliphatic rings. The minimum Gasteiger partial charge on any atom is -0.352 e. The lowest BCUT2D eigenvalue weighted by molar-refractivity contribution is -0.122. The van der Waals surface area contributed by atoms with Gasteiger partial charge < -0.3 is 9.88 Å². The van der Waals surface area contributed by atoms with E-state index >= 15 is 0 Å². The number of carbonyl (C=O) groups is 1. The Kier molecular flexibility index (Phi) is 4.48. The molecule has 0 aliphatic heterocycles. The molecule has 8 heteroatoms. The van der Waals surface area contributed by atoms with Crippen LogP contribution in [0.3, 0.4) is 0 Å². The molecule has 2 aromatic heterocycles. The van der Waals surface area contributed by atoms with E-state index in [2.05, 4.69) is 17.2 Å². The zero-order valence-corrected chi connectivity index (χ0v) is 13.3. The molecule has 0 radical (unpaired) electrons. The van der Waals surface area contributed by atoms with Crippen molar-refractivity contribution in [3.63, 3.8) is 0 Å². The largest absolute Gasteiger partial charge is 0.352 e. The van der Waals surface area contributed by atoms with Crippen LogP contribution in [0.1, 0.15) is 26.7 Å². The van der Waals surface area contributed by atoms with E-state index in [4.69, 9.17) is 0 Å². The number of aromatic nitrogens is 4. The van der Waals surface area contributed by atoms with E-state index < -0.39 is 11.2 Å². The molecule has 0 saturated carbocycles. The second-order valence-electron chi connectivity index (χ2n) is 5.51.